The average molecular weight is 314 g/mol. The number of hydrogen-bond donors (Lipinski definition) is 1. The predicted octanol–water partition coefficient (Wildman–Crippen LogP) is 4.83. The topological polar surface area (TPSA) is 50.4 Å². The lowest BCUT2D eigenvalue weighted by Crippen LogP contribution is -2.04. The normalized spacial score (nSPS) is 10.8. The maximum Gasteiger partial charge on any atom is 0.348 e. The molecule has 0 aliphatic heterocycles. The molecule has 116 valence electrons. The van der Waals surface area contributed by atoms with Crippen molar-refractivity contribution in [2.24, 2.45) is 0 Å². The summed E-state index contributed by atoms with van der Waals surface area (Å²) in [6, 6.07) is 24.2. The predicted molar refractivity (Wildman–Crippen MR) is 95.0 cm³/mol. The minimum absolute atomic E-state index is 0.0507. The summed E-state index contributed by atoms with van der Waals surface area (Å²) in [6.07, 6.45) is 0. The van der Waals surface area contributed by atoms with E-state index in [4.69, 9.17) is 4.42 Å². The van der Waals surface area contributed by atoms with E-state index in [1.165, 1.54) is 0 Å². The molecule has 4 aromatic rings. The van der Waals surface area contributed by atoms with Gasteiger partial charge in [-0.15, -0.1) is 0 Å². The number of benzene rings is 3. The van der Waals surface area contributed by atoms with Gasteiger partial charge >= 0.3 is 5.63 Å². The van der Waals surface area contributed by atoms with Gasteiger partial charge in [-0.25, -0.2) is 4.79 Å². The summed E-state index contributed by atoms with van der Waals surface area (Å²) in [5.41, 5.74) is 2.51. The van der Waals surface area contributed by atoms with Crippen molar-refractivity contribution >= 4 is 11.0 Å². The number of para-hydroxylation sites is 1. The summed E-state index contributed by atoms with van der Waals surface area (Å²) in [5, 5.41) is 11.2. The average Bonchev–Trinajstić information content (AvgIpc) is 2.63. The number of aromatic hydroxyl groups is 1. The summed E-state index contributed by atoms with van der Waals surface area (Å²) in [5.74, 6) is -0.0507. The second-order valence-corrected chi connectivity index (χ2v) is 5.52. The van der Waals surface area contributed by atoms with Crippen LogP contribution in [-0.2, 0) is 0 Å². The van der Waals surface area contributed by atoms with Crippen LogP contribution in [0.3, 0.4) is 0 Å². The molecule has 0 unspecified atom stereocenters. The zero-order valence-electron chi connectivity index (χ0n) is 12.8. The van der Waals surface area contributed by atoms with Crippen LogP contribution in [0, 0.1) is 0 Å². The summed E-state index contributed by atoms with van der Waals surface area (Å²) in [7, 11) is 0. The third-order valence-electron chi connectivity index (χ3n) is 4.07. The van der Waals surface area contributed by atoms with Crippen LogP contribution in [-0.4, -0.2) is 5.11 Å². The molecule has 1 aromatic heterocycles. The van der Waals surface area contributed by atoms with Gasteiger partial charge in [0.1, 0.15) is 16.9 Å². The van der Waals surface area contributed by atoms with E-state index in [0.29, 0.717) is 16.5 Å². The fourth-order valence-corrected chi connectivity index (χ4v) is 2.94. The largest absolute Gasteiger partial charge is 0.506 e. The van der Waals surface area contributed by atoms with Crippen molar-refractivity contribution in [3.8, 4) is 28.0 Å². The van der Waals surface area contributed by atoms with Crippen molar-refractivity contribution in [1.82, 2.24) is 0 Å². The molecule has 0 saturated carbocycles. The fraction of sp³-hybridized carbons (Fsp3) is 0. The molecule has 0 spiro atoms. The molecular weight excluding hydrogens is 300 g/mol. The molecule has 0 radical (unpaired) electrons. The third kappa shape index (κ3) is 2.27. The van der Waals surface area contributed by atoms with Crippen LogP contribution in [0.25, 0.3) is 33.2 Å². The number of fused-ring (bicyclic) bond motifs is 1. The second-order valence-electron chi connectivity index (χ2n) is 5.52. The van der Waals surface area contributed by atoms with Gasteiger partial charge < -0.3 is 9.52 Å². The minimum atomic E-state index is -0.547. The molecule has 3 nitrogen and oxygen atoms in total. The summed E-state index contributed by atoms with van der Waals surface area (Å²) in [6.45, 7) is 0. The minimum Gasteiger partial charge on any atom is -0.506 e. The molecule has 1 N–H and O–H groups in total. The molecule has 3 aromatic carbocycles. The Kier molecular flexibility index (Phi) is 3.39. The summed E-state index contributed by atoms with van der Waals surface area (Å²) < 4.78 is 5.40. The van der Waals surface area contributed by atoms with Crippen molar-refractivity contribution in [2.75, 3.05) is 0 Å². The maximum absolute atomic E-state index is 12.5. The lowest BCUT2D eigenvalue weighted by molar-refractivity contribution is 0.471. The Morgan fingerprint density at radius 1 is 0.708 bits per heavy atom. The number of rotatable bonds is 2. The quantitative estimate of drug-likeness (QED) is 0.539. The van der Waals surface area contributed by atoms with Crippen LogP contribution in [0.4, 0.5) is 0 Å². The van der Waals surface area contributed by atoms with E-state index in [0.717, 1.165) is 11.1 Å². The Balaban J connectivity index is 2.05. The van der Waals surface area contributed by atoms with Gasteiger partial charge in [0.25, 0.3) is 0 Å². The lowest BCUT2D eigenvalue weighted by atomic mass is 9.94. The molecule has 3 heteroatoms. The van der Waals surface area contributed by atoms with Crippen molar-refractivity contribution < 1.29 is 9.52 Å². The molecule has 24 heavy (non-hydrogen) atoms. The summed E-state index contributed by atoms with van der Waals surface area (Å²) in [4.78, 5) is 12.5. The van der Waals surface area contributed by atoms with E-state index in [1.54, 1.807) is 24.3 Å². The highest BCUT2D eigenvalue weighted by atomic mass is 16.4. The maximum atomic E-state index is 12.5. The highest BCUT2D eigenvalue weighted by Gasteiger charge is 2.18. The monoisotopic (exact) mass is 314 g/mol. The summed E-state index contributed by atoms with van der Waals surface area (Å²) >= 11 is 0. The highest BCUT2D eigenvalue weighted by Crippen LogP contribution is 2.37. The van der Waals surface area contributed by atoms with Crippen LogP contribution in [0.1, 0.15) is 0 Å². The molecule has 0 aliphatic carbocycles. The van der Waals surface area contributed by atoms with Crippen molar-refractivity contribution in [1.29, 1.82) is 0 Å². The first kappa shape index (κ1) is 14.3. The van der Waals surface area contributed by atoms with Gasteiger partial charge in [0.15, 0.2) is 0 Å². The van der Waals surface area contributed by atoms with Gasteiger partial charge in [0, 0.05) is 5.56 Å². The molecule has 0 amide bonds. The Morgan fingerprint density at radius 2 is 1.33 bits per heavy atom. The second kappa shape index (κ2) is 5.70. The molecule has 0 atom stereocenters. The van der Waals surface area contributed by atoms with Gasteiger partial charge in [0.05, 0.1) is 5.39 Å². The van der Waals surface area contributed by atoms with Gasteiger partial charge in [0.2, 0.25) is 0 Å². The van der Waals surface area contributed by atoms with Crippen molar-refractivity contribution in [3.05, 3.63) is 89.3 Å². The SMILES string of the molecule is O=c1oc2ccccc2c(O)c1-c1ccccc1-c1ccccc1. The standard InChI is InChI=1S/C21H14O3/c22-20-17-12-6-7-13-18(17)24-21(23)19(20)16-11-5-4-10-15(16)14-8-2-1-3-9-14/h1-13,22H. The Hall–Kier alpha value is -3.33. The fourth-order valence-electron chi connectivity index (χ4n) is 2.94. The molecule has 4 rings (SSSR count). The number of hydrogen-bond acceptors (Lipinski definition) is 3. The van der Waals surface area contributed by atoms with Crippen LogP contribution < -0.4 is 5.63 Å². The van der Waals surface area contributed by atoms with Crippen molar-refractivity contribution in [2.45, 2.75) is 0 Å². The van der Waals surface area contributed by atoms with Gasteiger partial charge in [-0.05, 0) is 23.3 Å². The Bertz CT molecular complexity index is 1080. The first-order valence-electron chi connectivity index (χ1n) is 7.65. The molecule has 0 fully saturated rings. The highest BCUT2D eigenvalue weighted by molar-refractivity contribution is 5.94. The van der Waals surface area contributed by atoms with Crippen LogP contribution >= 0.6 is 0 Å². The smallest absolute Gasteiger partial charge is 0.348 e. The van der Waals surface area contributed by atoms with E-state index < -0.39 is 5.63 Å². The van der Waals surface area contributed by atoms with Crippen LogP contribution in [0.5, 0.6) is 5.75 Å². The van der Waals surface area contributed by atoms with E-state index in [1.807, 2.05) is 54.6 Å². The van der Waals surface area contributed by atoms with E-state index in [2.05, 4.69) is 0 Å². The van der Waals surface area contributed by atoms with E-state index in [9.17, 15) is 9.90 Å². The molecule has 0 bridgehead atoms. The van der Waals surface area contributed by atoms with Gasteiger partial charge in [-0.2, -0.15) is 0 Å². The first-order valence-corrected chi connectivity index (χ1v) is 7.65. The molecule has 0 saturated heterocycles. The van der Waals surface area contributed by atoms with Crippen molar-refractivity contribution in [3.63, 3.8) is 0 Å². The molecular formula is C21H14O3. The van der Waals surface area contributed by atoms with Crippen LogP contribution in [0.15, 0.2) is 88.1 Å². The molecule has 1 heterocycles. The third-order valence-corrected chi connectivity index (χ3v) is 4.07. The van der Waals surface area contributed by atoms with E-state index in [-0.39, 0.29) is 11.3 Å². The van der Waals surface area contributed by atoms with Crippen LogP contribution in [0.2, 0.25) is 0 Å². The van der Waals surface area contributed by atoms with E-state index >= 15 is 0 Å². The zero-order chi connectivity index (χ0) is 16.5. The van der Waals surface area contributed by atoms with Gasteiger partial charge in [-0.1, -0.05) is 66.7 Å². The Morgan fingerprint density at radius 3 is 2.12 bits per heavy atom. The van der Waals surface area contributed by atoms with Gasteiger partial charge in [-0.3, -0.25) is 0 Å². The Labute approximate surface area is 138 Å². The lowest BCUT2D eigenvalue weighted by Gasteiger charge is -2.11. The zero-order valence-corrected chi connectivity index (χ0v) is 12.8. The molecule has 0 aliphatic rings. The first-order chi connectivity index (χ1) is 11.8.